The number of aliphatic hydroxyl groups excluding tert-OH is 1. The summed E-state index contributed by atoms with van der Waals surface area (Å²) in [5.41, 5.74) is 0.622. The van der Waals surface area contributed by atoms with Crippen molar-refractivity contribution in [2.75, 3.05) is 18.5 Å². The van der Waals surface area contributed by atoms with Crippen molar-refractivity contribution in [3.63, 3.8) is 0 Å². The van der Waals surface area contributed by atoms with Crippen LogP contribution < -0.4 is 5.32 Å². The van der Waals surface area contributed by atoms with Crippen LogP contribution in [0.4, 0.5) is 10.1 Å². The van der Waals surface area contributed by atoms with E-state index in [4.69, 9.17) is 11.6 Å². The van der Waals surface area contributed by atoms with Crippen LogP contribution in [0, 0.1) is 11.2 Å². The maximum atomic E-state index is 13.2. The average Bonchev–Trinajstić information content (AvgIpc) is 2.38. The van der Waals surface area contributed by atoms with Gasteiger partial charge in [0.05, 0.1) is 17.3 Å². The van der Waals surface area contributed by atoms with Gasteiger partial charge in [0.1, 0.15) is 5.82 Å². The van der Waals surface area contributed by atoms with E-state index in [1.54, 1.807) is 0 Å². The Balaban J connectivity index is 2.09. The number of aliphatic hydroxyl groups is 1. The molecule has 5 heteroatoms. The summed E-state index contributed by atoms with van der Waals surface area (Å²) < 4.78 is 13.8. The third kappa shape index (κ3) is 3.61. The molecule has 2 N–H and O–H groups in total. The normalized spacial score (nSPS) is 18.3. The summed E-state index contributed by atoms with van der Waals surface area (Å²) in [5, 5.41) is 13.3. The van der Waals surface area contributed by atoms with Crippen molar-refractivity contribution in [2.45, 2.75) is 32.1 Å². The molecular weight excluding hydrogens is 333 g/mol. The molecule has 1 aliphatic carbocycles. The molecule has 2 rings (SSSR count). The number of hydrogen-bond donors (Lipinski definition) is 2. The van der Waals surface area contributed by atoms with Gasteiger partial charge in [-0.05, 0) is 40.9 Å². The summed E-state index contributed by atoms with van der Waals surface area (Å²) >= 11 is 9.36. The number of halogens is 3. The minimum atomic E-state index is -0.364. The third-order valence-electron chi connectivity index (χ3n) is 3.90. The van der Waals surface area contributed by atoms with Crippen LogP contribution >= 0.6 is 27.5 Å². The zero-order valence-corrected chi connectivity index (χ0v) is 13.0. The van der Waals surface area contributed by atoms with E-state index in [9.17, 15) is 9.50 Å². The first-order valence-electron chi connectivity index (χ1n) is 6.56. The largest absolute Gasteiger partial charge is 0.396 e. The predicted octanol–water partition coefficient (Wildman–Crippen LogP) is 4.60. The van der Waals surface area contributed by atoms with E-state index >= 15 is 0 Å². The van der Waals surface area contributed by atoms with Gasteiger partial charge in [0.2, 0.25) is 0 Å². The zero-order chi connectivity index (χ0) is 13.9. The lowest BCUT2D eigenvalue weighted by molar-refractivity contribution is 0.0944. The van der Waals surface area contributed by atoms with Crippen molar-refractivity contribution in [1.29, 1.82) is 0 Å². The molecule has 1 aliphatic rings. The quantitative estimate of drug-likeness (QED) is 0.832. The van der Waals surface area contributed by atoms with Gasteiger partial charge in [-0.25, -0.2) is 4.39 Å². The van der Waals surface area contributed by atoms with Crippen molar-refractivity contribution in [3.8, 4) is 0 Å². The molecule has 0 unspecified atom stereocenters. The molecule has 1 aromatic rings. The summed E-state index contributed by atoms with van der Waals surface area (Å²) in [5.74, 6) is -0.364. The lowest BCUT2D eigenvalue weighted by atomic mass is 9.74. The second-order valence-corrected chi connectivity index (χ2v) is 6.58. The monoisotopic (exact) mass is 349 g/mol. The van der Waals surface area contributed by atoms with Crippen LogP contribution in [-0.2, 0) is 0 Å². The predicted molar refractivity (Wildman–Crippen MR) is 80.2 cm³/mol. The van der Waals surface area contributed by atoms with Crippen LogP contribution in [-0.4, -0.2) is 18.3 Å². The van der Waals surface area contributed by atoms with E-state index in [2.05, 4.69) is 21.2 Å². The van der Waals surface area contributed by atoms with Gasteiger partial charge in [-0.3, -0.25) is 0 Å². The van der Waals surface area contributed by atoms with Gasteiger partial charge < -0.3 is 10.4 Å². The molecule has 0 aromatic heterocycles. The molecule has 1 aromatic carbocycles. The molecule has 0 heterocycles. The summed E-state index contributed by atoms with van der Waals surface area (Å²) in [6.45, 7) is 0.837. The Labute approximate surface area is 126 Å². The molecule has 0 radical (unpaired) electrons. The molecular formula is C14H18BrClFNO. The molecule has 19 heavy (non-hydrogen) atoms. The standard InChI is InChI=1S/C14H18BrClFNO/c15-11-6-10(17)7-12(16)13(11)18-8-14(9-19)4-2-1-3-5-14/h6-7,18-19H,1-5,8-9H2. The van der Waals surface area contributed by atoms with Crippen LogP contribution in [0.5, 0.6) is 0 Å². The molecule has 0 amide bonds. The fourth-order valence-corrected chi connectivity index (χ4v) is 3.64. The maximum absolute atomic E-state index is 13.2. The molecule has 106 valence electrons. The van der Waals surface area contributed by atoms with E-state index in [1.165, 1.54) is 18.6 Å². The molecule has 0 spiro atoms. The number of benzene rings is 1. The van der Waals surface area contributed by atoms with Crippen LogP contribution in [0.15, 0.2) is 16.6 Å². The molecule has 0 atom stereocenters. The first-order chi connectivity index (χ1) is 9.06. The molecule has 0 saturated heterocycles. The van der Waals surface area contributed by atoms with Crippen LogP contribution in [0.25, 0.3) is 0 Å². The van der Waals surface area contributed by atoms with Gasteiger partial charge in [-0.1, -0.05) is 30.9 Å². The van der Waals surface area contributed by atoms with Crippen molar-refractivity contribution >= 4 is 33.2 Å². The Morgan fingerprint density at radius 3 is 2.58 bits per heavy atom. The minimum absolute atomic E-state index is 0.0740. The van der Waals surface area contributed by atoms with Crippen LogP contribution in [0.2, 0.25) is 5.02 Å². The smallest absolute Gasteiger partial charge is 0.125 e. The van der Waals surface area contributed by atoms with Gasteiger partial charge in [-0.2, -0.15) is 0 Å². The summed E-state index contributed by atoms with van der Waals surface area (Å²) in [7, 11) is 0. The highest BCUT2D eigenvalue weighted by molar-refractivity contribution is 9.10. The summed E-state index contributed by atoms with van der Waals surface area (Å²) in [6.07, 6.45) is 5.59. The molecule has 2 nitrogen and oxygen atoms in total. The molecule has 1 fully saturated rings. The van der Waals surface area contributed by atoms with E-state index < -0.39 is 0 Å². The first-order valence-corrected chi connectivity index (χ1v) is 7.73. The van der Waals surface area contributed by atoms with Crippen molar-refractivity contribution in [2.24, 2.45) is 5.41 Å². The third-order valence-corrected chi connectivity index (χ3v) is 4.82. The van der Waals surface area contributed by atoms with Gasteiger partial charge in [-0.15, -0.1) is 0 Å². The Bertz CT molecular complexity index is 426. The van der Waals surface area contributed by atoms with Crippen LogP contribution in [0.1, 0.15) is 32.1 Å². The summed E-state index contributed by atoms with van der Waals surface area (Å²) in [4.78, 5) is 0. The van der Waals surface area contributed by atoms with Crippen LogP contribution in [0.3, 0.4) is 0 Å². The highest BCUT2D eigenvalue weighted by Gasteiger charge is 2.31. The van der Waals surface area contributed by atoms with Gasteiger partial charge in [0.15, 0.2) is 0 Å². The topological polar surface area (TPSA) is 32.3 Å². The van der Waals surface area contributed by atoms with E-state index in [0.29, 0.717) is 21.7 Å². The first kappa shape index (κ1) is 15.1. The van der Waals surface area contributed by atoms with Gasteiger partial charge in [0.25, 0.3) is 0 Å². The molecule has 1 saturated carbocycles. The van der Waals surface area contributed by atoms with Gasteiger partial charge in [0, 0.05) is 16.4 Å². The van der Waals surface area contributed by atoms with Crippen molar-refractivity contribution in [3.05, 3.63) is 27.4 Å². The maximum Gasteiger partial charge on any atom is 0.125 e. The van der Waals surface area contributed by atoms with Gasteiger partial charge >= 0.3 is 0 Å². The summed E-state index contributed by atoms with van der Waals surface area (Å²) in [6, 6.07) is 2.68. The second-order valence-electron chi connectivity index (χ2n) is 5.32. The Morgan fingerprint density at radius 2 is 2.00 bits per heavy atom. The zero-order valence-electron chi connectivity index (χ0n) is 10.7. The fourth-order valence-electron chi connectivity index (χ4n) is 2.68. The van der Waals surface area contributed by atoms with E-state index in [-0.39, 0.29) is 17.8 Å². The number of anilines is 1. The Morgan fingerprint density at radius 1 is 1.32 bits per heavy atom. The SMILES string of the molecule is OCC1(CNc2c(Cl)cc(F)cc2Br)CCCCC1. The lowest BCUT2D eigenvalue weighted by Crippen LogP contribution is -2.35. The van der Waals surface area contributed by atoms with E-state index in [0.717, 1.165) is 25.7 Å². The molecule has 0 aliphatic heterocycles. The minimum Gasteiger partial charge on any atom is -0.396 e. The van der Waals surface area contributed by atoms with Crippen molar-refractivity contribution in [1.82, 2.24) is 0 Å². The Hall–Kier alpha value is -0.320. The number of hydrogen-bond acceptors (Lipinski definition) is 2. The highest BCUT2D eigenvalue weighted by atomic mass is 79.9. The Kier molecular flexibility index (Phi) is 5.09. The average molecular weight is 351 g/mol. The number of rotatable bonds is 4. The van der Waals surface area contributed by atoms with E-state index in [1.807, 2.05) is 0 Å². The second kappa shape index (κ2) is 6.42. The number of nitrogens with one attached hydrogen (secondary N) is 1. The van der Waals surface area contributed by atoms with Crippen molar-refractivity contribution < 1.29 is 9.50 Å². The fraction of sp³-hybridized carbons (Fsp3) is 0.571. The lowest BCUT2D eigenvalue weighted by Gasteiger charge is -2.36. The molecule has 0 bridgehead atoms. The highest BCUT2D eigenvalue weighted by Crippen LogP contribution is 2.38.